The number of nitrogens with zero attached hydrogens (tertiary/aromatic N) is 2. The van der Waals surface area contributed by atoms with E-state index in [1.165, 1.54) is 12.5 Å². The zero-order valence-electron chi connectivity index (χ0n) is 14.2. The minimum absolute atomic E-state index is 0.0511. The molecule has 1 amide bonds. The van der Waals surface area contributed by atoms with Crippen LogP contribution in [0.4, 0.5) is 19.0 Å². The summed E-state index contributed by atoms with van der Waals surface area (Å²) < 4.78 is 52.0. The maximum absolute atomic E-state index is 13.6. The van der Waals surface area contributed by atoms with E-state index >= 15 is 0 Å². The quantitative estimate of drug-likeness (QED) is 0.664. The Labute approximate surface area is 161 Å². The summed E-state index contributed by atoms with van der Waals surface area (Å²) in [5, 5.41) is 9.06. The number of amides is 1. The fraction of sp³-hybridized carbons (Fsp3) is 0.294. The molecule has 3 aromatic heterocycles. The van der Waals surface area contributed by atoms with E-state index in [0.29, 0.717) is 16.2 Å². The van der Waals surface area contributed by atoms with Gasteiger partial charge in [-0.15, -0.1) is 0 Å². The van der Waals surface area contributed by atoms with Gasteiger partial charge in [-0.05, 0) is 24.3 Å². The van der Waals surface area contributed by atoms with Gasteiger partial charge < -0.3 is 19.5 Å². The third-order valence-corrected chi connectivity index (χ3v) is 4.76. The number of hydrogen-bond acceptors (Lipinski definition) is 5. The molecular formula is C17H14ClF3N4O3. The zero-order valence-corrected chi connectivity index (χ0v) is 14.9. The van der Waals surface area contributed by atoms with E-state index in [9.17, 15) is 18.0 Å². The molecule has 0 bridgehead atoms. The SMILES string of the molecule is O=C(NCc1ccco1)c1nn2c(c1Cl)N[C@@H](c1ccco1)C[C@H]2C(F)(F)F. The number of rotatable bonds is 4. The Morgan fingerprint density at radius 2 is 2.07 bits per heavy atom. The van der Waals surface area contributed by atoms with Gasteiger partial charge >= 0.3 is 6.18 Å². The molecule has 0 aromatic carbocycles. The van der Waals surface area contributed by atoms with Crippen LogP contribution in [-0.4, -0.2) is 21.9 Å². The minimum atomic E-state index is -4.58. The van der Waals surface area contributed by atoms with E-state index < -0.39 is 24.2 Å². The van der Waals surface area contributed by atoms with Crippen molar-refractivity contribution in [3.8, 4) is 0 Å². The second-order valence-corrected chi connectivity index (χ2v) is 6.60. The van der Waals surface area contributed by atoms with Crippen molar-refractivity contribution in [1.29, 1.82) is 0 Å². The molecule has 1 aliphatic heterocycles. The Bertz CT molecular complexity index is 967. The molecular weight excluding hydrogens is 401 g/mol. The normalized spacial score (nSPS) is 19.1. The molecule has 3 aromatic rings. The van der Waals surface area contributed by atoms with Crippen molar-refractivity contribution in [1.82, 2.24) is 15.1 Å². The lowest BCUT2D eigenvalue weighted by Crippen LogP contribution is -2.35. The van der Waals surface area contributed by atoms with Crippen molar-refractivity contribution < 1.29 is 26.8 Å². The molecule has 0 saturated carbocycles. The summed E-state index contributed by atoms with van der Waals surface area (Å²) in [6.45, 7) is 0.0511. The highest BCUT2D eigenvalue weighted by Crippen LogP contribution is 2.46. The molecule has 7 nitrogen and oxygen atoms in total. The number of carbonyl (C=O) groups is 1. The molecule has 2 N–H and O–H groups in total. The molecule has 0 aliphatic carbocycles. The summed E-state index contributed by atoms with van der Waals surface area (Å²) in [6, 6.07) is 3.74. The van der Waals surface area contributed by atoms with Crippen molar-refractivity contribution >= 4 is 23.3 Å². The molecule has 0 fully saturated rings. The highest BCUT2D eigenvalue weighted by molar-refractivity contribution is 6.36. The van der Waals surface area contributed by atoms with Gasteiger partial charge in [-0.2, -0.15) is 18.3 Å². The molecule has 1 aliphatic rings. The van der Waals surface area contributed by atoms with Crippen LogP contribution in [0.2, 0.25) is 5.02 Å². The molecule has 0 unspecified atom stereocenters. The lowest BCUT2D eigenvalue weighted by molar-refractivity contribution is -0.174. The second kappa shape index (κ2) is 6.93. The highest BCUT2D eigenvalue weighted by Gasteiger charge is 2.48. The van der Waals surface area contributed by atoms with Crippen LogP contribution in [0.15, 0.2) is 45.6 Å². The zero-order chi connectivity index (χ0) is 19.9. The fourth-order valence-corrected chi connectivity index (χ4v) is 3.34. The number of anilines is 1. The monoisotopic (exact) mass is 414 g/mol. The number of fused-ring (bicyclic) bond motifs is 1. The van der Waals surface area contributed by atoms with Crippen LogP contribution >= 0.6 is 11.6 Å². The fourth-order valence-electron chi connectivity index (χ4n) is 3.07. The third-order valence-electron chi connectivity index (χ3n) is 4.40. The minimum Gasteiger partial charge on any atom is -0.467 e. The van der Waals surface area contributed by atoms with Crippen molar-refractivity contribution in [3.05, 3.63) is 59.0 Å². The lowest BCUT2D eigenvalue weighted by atomic mass is 10.0. The summed E-state index contributed by atoms with van der Waals surface area (Å²) in [5.41, 5.74) is -0.301. The van der Waals surface area contributed by atoms with Gasteiger partial charge in [-0.3, -0.25) is 4.79 Å². The Kier molecular flexibility index (Phi) is 4.58. The van der Waals surface area contributed by atoms with Gasteiger partial charge in [0.2, 0.25) is 0 Å². The molecule has 2 atom stereocenters. The topological polar surface area (TPSA) is 85.2 Å². The van der Waals surface area contributed by atoms with E-state index in [1.54, 1.807) is 24.3 Å². The average Bonchev–Trinajstić information content (AvgIpc) is 3.40. The second-order valence-electron chi connectivity index (χ2n) is 6.22. The van der Waals surface area contributed by atoms with Gasteiger partial charge in [-0.1, -0.05) is 11.6 Å². The van der Waals surface area contributed by atoms with Crippen LogP contribution in [0, 0.1) is 0 Å². The Morgan fingerprint density at radius 3 is 2.71 bits per heavy atom. The molecule has 0 spiro atoms. The summed E-state index contributed by atoms with van der Waals surface area (Å²) >= 11 is 6.21. The maximum Gasteiger partial charge on any atom is 0.410 e. The van der Waals surface area contributed by atoms with Crippen LogP contribution in [-0.2, 0) is 6.54 Å². The van der Waals surface area contributed by atoms with E-state index in [-0.39, 0.29) is 29.5 Å². The van der Waals surface area contributed by atoms with Crippen molar-refractivity contribution in [2.75, 3.05) is 5.32 Å². The van der Waals surface area contributed by atoms with Gasteiger partial charge in [0.1, 0.15) is 22.4 Å². The lowest BCUT2D eigenvalue weighted by Gasteiger charge is -2.32. The number of halogens is 4. The Balaban J connectivity index is 1.65. The predicted octanol–water partition coefficient (Wildman–Crippen LogP) is 4.31. The predicted molar refractivity (Wildman–Crippen MR) is 91.9 cm³/mol. The number of nitrogens with one attached hydrogen (secondary N) is 2. The number of carbonyl (C=O) groups excluding carboxylic acids is 1. The Morgan fingerprint density at radius 1 is 1.32 bits per heavy atom. The third kappa shape index (κ3) is 3.35. The van der Waals surface area contributed by atoms with E-state index in [1.807, 2.05) is 0 Å². The smallest absolute Gasteiger partial charge is 0.410 e. The van der Waals surface area contributed by atoms with Crippen LogP contribution in [0.25, 0.3) is 0 Å². The molecule has 0 radical (unpaired) electrons. The van der Waals surface area contributed by atoms with Crippen LogP contribution in [0.3, 0.4) is 0 Å². The summed E-state index contributed by atoms with van der Waals surface area (Å²) in [6.07, 6.45) is -2.12. The van der Waals surface area contributed by atoms with Crippen molar-refractivity contribution in [2.24, 2.45) is 0 Å². The van der Waals surface area contributed by atoms with E-state index in [4.69, 9.17) is 20.4 Å². The molecule has 4 rings (SSSR count). The van der Waals surface area contributed by atoms with Crippen molar-refractivity contribution in [3.63, 3.8) is 0 Å². The Hall–Kier alpha value is -2.88. The van der Waals surface area contributed by atoms with Gasteiger partial charge in [0, 0.05) is 6.42 Å². The maximum atomic E-state index is 13.6. The number of alkyl halides is 3. The first-order valence-electron chi connectivity index (χ1n) is 8.30. The first-order valence-corrected chi connectivity index (χ1v) is 8.67. The number of aromatic nitrogens is 2. The first kappa shape index (κ1) is 18.5. The van der Waals surface area contributed by atoms with E-state index in [2.05, 4.69) is 15.7 Å². The standard InChI is InChI=1S/C17H14ClF3N4O3/c18-13-14(16(26)22-8-9-3-1-5-27-9)24-25-12(17(19,20)21)7-10(23-15(13)25)11-4-2-6-28-11/h1-6,10,12,23H,7-8H2,(H,22,26)/t10-,12+/m1/s1. The van der Waals surface area contributed by atoms with Crippen molar-refractivity contribution in [2.45, 2.75) is 31.2 Å². The number of hydrogen-bond donors (Lipinski definition) is 2. The van der Waals surface area contributed by atoms with Gasteiger partial charge in [0.05, 0.1) is 25.1 Å². The van der Waals surface area contributed by atoms with Gasteiger partial charge in [0.15, 0.2) is 11.7 Å². The molecule has 11 heteroatoms. The summed E-state index contributed by atoms with van der Waals surface area (Å²) in [5.74, 6) is 0.0274. The summed E-state index contributed by atoms with van der Waals surface area (Å²) in [4.78, 5) is 12.4. The van der Waals surface area contributed by atoms with Crippen LogP contribution < -0.4 is 10.6 Å². The molecule has 148 valence electrons. The average molecular weight is 415 g/mol. The highest BCUT2D eigenvalue weighted by atomic mass is 35.5. The molecule has 28 heavy (non-hydrogen) atoms. The molecule has 0 saturated heterocycles. The van der Waals surface area contributed by atoms with Gasteiger partial charge in [0.25, 0.3) is 5.91 Å². The first-order chi connectivity index (χ1) is 13.3. The largest absolute Gasteiger partial charge is 0.467 e. The van der Waals surface area contributed by atoms with Gasteiger partial charge in [-0.25, -0.2) is 4.68 Å². The van der Waals surface area contributed by atoms with Crippen LogP contribution in [0.1, 0.15) is 40.5 Å². The van der Waals surface area contributed by atoms with E-state index in [0.717, 1.165) is 0 Å². The molecule has 4 heterocycles. The number of furan rings is 2. The summed E-state index contributed by atoms with van der Waals surface area (Å²) in [7, 11) is 0. The van der Waals surface area contributed by atoms with Crippen LogP contribution in [0.5, 0.6) is 0 Å².